The third kappa shape index (κ3) is 2.07. The molecular formula is C8H4BrClN2S. The molecule has 66 valence electrons. The predicted molar refractivity (Wildman–Crippen MR) is 58.1 cm³/mol. The van der Waals surface area contributed by atoms with Crippen molar-refractivity contribution in [2.75, 3.05) is 0 Å². The summed E-state index contributed by atoms with van der Waals surface area (Å²) in [4.78, 5) is 8.25. The Hall–Kier alpha value is -0.450. The van der Waals surface area contributed by atoms with E-state index in [2.05, 4.69) is 25.9 Å². The van der Waals surface area contributed by atoms with Gasteiger partial charge in [0.25, 0.3) is 0 Å². The van der Waals surface area contributed by atoms with E-state index in [1.807, 2.05) is 11.4 Å². The Balaban J connectivity index is 2.46. The first-order valence-electron chi connectivity index (χ1n) is 3.47. The Labute approximate surface area is 92.7 Å². The molecule has 0 saturated heterocycles. The van der Waals surface area contributed by atoms with Gasteiger partial charge in [-0.3, -0.25) is 4.98 Å². The van der Waals surface area contributed by atoms with E-state index in [0.717, 1.165) is 15.2 Å². The molecule has 0 atom stereocenters. The topological polar surface area (TPSA) is 25.8 Å². The number of aromatic nitrogens is 2. The minimum absolute atomic E-state index is 0.627. The standard InChI is InChI=1S/C8H4BrClN2S/c9-8-12-7(4-13-8)5-1-6(10)3-11-2-5/h1-4H. The molecule has 0 amide bonds. The lowest BCUT2D eigenvalue weighted by atomic mass is 10.2. The summed E-state index contributed by atoms with van der Waals surface area (Å²) in [5, 5.41) is 2.58. The fourth-order valence-electron chi connectivity index (χ4n) is 0.936. The van der Waals surface area contributed by atoms with Crippen LogP contribution in [0.5, 0.6) is 0 Å². The second kappa shape index (κ2) is 3.74. The van der Waals surface area contributed by atoms with E-state index in [9.17, 15) is 0 Å². The van der Waals surface area contributed by atoms with Crippen molar-refractivity contribution in [3.8, 4) is 11.3 Å². The second-order valence-electron chi connectivity index (χ2n) is 2.38. The molecule has 0 N–H and O–H groups in total. The molecule has 2 aromatic rings. The number of rotatable bonds is 1. The van der Waals surface area contributed by atoms with Crippen molar-refractivity contribution in [2.24, 2.45) is 0 Å². The average molecular weight is 276 g/mol. The summed E-state index contributed by atoms with van der Waals surface area (Å²) >= 11 is 10.6. The molecule has 0 aromatic carbocycles. The van der Waals surface area contributed by atoms with Gasteiger partial charge < -0.3 is 0 Å². The van der Waals surface area contributed by atoms with Crippen molar-refractivity contribution in [3.63, 3.8) is 0 Å². The Morgan fingerprint density at radius 2 is 2.23 bits per heavy atom. The van der Waals surface area contributed by atoms with Gasteiger partial charge in [-0.2, -0.15) is 0 Å². The van der Waals surface area contributed by atoms with Crippen molar-refractivity contribution in [2.45, 2.75) is 0 Å². The zero-order chi connectivity index (χ0) is 9.26. The van der Waals surface area contributed by atoms with E-state index in [1.165, 1.54) is 11.3 Å². The normalized spacial score (nSPS) is 10.3. The highest BCUT2D eigenvalue weighted by Crippen LogP contribution is 2.25. The molecule has 0 aliphatic carbocycles. The lowest BCUT2D eigenvalue weighted by Gasteiger charge is -1.94. The van der Waals surface area contributed by atoms with E-state index in [-0.39, 0.29) is 0 Å². The third-order valence-electron chi connectivity index (χ3n) is 1.48. The van der Waals surface area contributed by atoms with E-state index in [4.69, 9.17) is 11.6 Å². The van der Waals surface area contributed by atoms with Crippen LogP contribution in [0, 0.1) is 0 Å². The number of hydrogen-bond acceptors (Lipinski definition) is 3. The zero-order valence-electron chi connectivity index (χ0n) is 6.37. The predicted octanol–water partition coefficient (Wildman–Crippen LogP) is 3.62. The van der Waals surface area contributed by atoms with Crippen LogP contribution in [-0.4, -0.2) is 9.97 Å². The smallest absolute Gasteiger partial charge is 0.159 e. The Morgan fingerprint density at radius 1 is 1.38 bits per heavy atom. The molecule has 0 aliphatic rings. The Kier molecular flexibility index (Phi) is 2.62. The van der Waals surface area contributed by atoms with Crippen LogP contribution in [-0.2, 0) is 0 Å². The van der Waals surface area contributed by atoms with Crippen molar-refractivity contribution >= 4 is 38.9 Å². The second-order valence-corrected chi connectivity index (χ2v) is 4.95. The first-order chi connectivity index (χ1) is 6.25. The van der Waals surface area contributed by atoms with Gasteiger partial charge in [-0.05, 0) is 22.0 Å². The maximum absolute atomic E-state index is 5.80. The first kappa shape index (κ1) is 9.12. The van der Waals surface area contributed by atoms with Gasteiger partial charge in [0.2, 0.25) is 0 Å². The molecule has 0 aliphatic heterocycles. The van der Waals surface area contributed by atoms with Crippen LogP contribution in [0.3, 0.4) is 0 Å². The van der Waals surface area contributed by atoms with Gasteiger partial charge in [0.15, 0.2) is 3.92 Å². The maximum Gasteiger partial charge on any atom is 0.159 e. The van der Waals surface area contributed by atoms with E-state index in [1.54, 1.807) is 12.4 Å². The molecule has 2 aromatic heterocycles. The summed E-state index contributed by atoms with van der Waals surface area (Å²) in [5.74, 6) is 0. The summed E-state index contributed by atoms with van der Waals surface area (Å²) in [7, 11) is 0. The molecule has 0 spiro atoms. The number of halogens is 2. The van der Waals surface area contributed by atoms with E-state index < -0.39 is 0 Å². The molecule has 0 bridgehead atoms. The highest BCUT2D eigenvalue weighted by Gasteiger charge is 2.02. The largest absolute Gasteiger partial charge is 0.262 e. The summed E-state index contributed by atoms with van der Waals surface area (Å²) in [6.07, 6.45) is 3.35. The molecule has 2 heterocycles. The van der Waals surface area contributed by atoms with Crippen LogP contribution < -0.4 is 0 Å². The van der Waals surface area contributed by atoms with Crippen molar-refractivity contribution in [3.05, 3.63) is 32.8 Å². The molecule has 5 heteroatoms. The molecule has 0 saturated carbocycles. The Bertz CT molecular complexity index is 430. The van der Waals surface area contributed by atoms with Gasteiger partial charge in [0.05, 0.1) is 10.7 Å². The van der Waals surface area contributed by atoms with Gasteiger partial charge in [0.1, 0.15) is 0 Å². The zero-order valence-corrected chi connectivity index (χ0v) is 9.53. The highest BCUT2D eigenvalue weighted by molar-refractivity contribution is 9.11. The Morgan fingerprint density at radius 3 is 2.85 bits per heavy atom. The van der Waals surface area contributed by atoms with Crippen LogP contribution in [0.1, 0.15) is 0 Å². The van der Waals surface area contributed by atoms with Gasteiger partial charge >= 0.3 is 0 Å². The number of nitrogens with zero attached hydrogens (tertiary/aromatic N) is 2. The molecular weight excluding hydrogens is 272 g/mol. The summed E-state index contributed by atoms with van der Waals surface area (Å²) in [6, 6.07) is 1.84. The molecule has 2 rings (SSSR count). The third-order valence-corrected chi connectivity index (χ3v) is 3.05. The summed E-state index contributed by atoms with van der Waals surface area (Å²) in [6.45, 7) is 0. The fraction of sp³-hybridized carbons (Fsp3) is 0. The van der Waals surface area contributed by atoms with Crippen LogP contribution in [0.2, 0.25) is 5.02 Å². The minimum atomic E-state index is 0.627. The van der Waals surface area contributed by atoms with Crippen molar-refractivity contribution in [1.29, 1.82) is 0 Å². The molecule has 0 radical (unpaired) electrons. The van der Waals surface area contributed by atoms with Crippen LogP contribution in [0.25, 0.3) is 11.3 Å². The summed E-state index contributed by atoms with van der Waals surface area (Å²) in [5.41, 5.74) is 1.83. The number of pyridine rings is 1. The monoisotopic (exact) mass is 274 g/mol. The summed E-state index contributed by atoms with van der Waals surface area (Å²) < 4.78 is 0.863. The van der Waals surface area contributed by atoms with Crippen molar-refractivity contribution < 1.29 is 0 Å². The van der Waals surface area contributed by atoms with Gasteiger partial charge in [0, 0.05) is 23.3 Å². The fourth-order valence-corrected chi connectivity index (χ4v) is 2.13. The maximum atomic E-state index is 5.80. The van der Waals surface area contributed by atoms with E-state index >= 15 is 0 Å². The van der Waals surface area contributed by atoms with E-state index in [0.29, 0.717) is 5.02 Å². The number of hydrogen-bond donors (Lipinski definition) is 0. The van der Waals surface area contributed by atoms with Gasteiger partial charge in [-0.15, -0.1) is 11.3 Å². The van der Waals surface area contributed by atoms with Gasteiger partial charge in [-0.25, -0.2) is 4.98 Å². The highest BCUT2D eigenvalue weighted by atomic mass is 79.9. The first-order valence-corrected chi connectivity index (χ1v) is 5.53. The molecule has 2 nitrogen and oxygen atoms in total. The van der Waals surface area contributed by atoms with Gasteiger partial charge in [-0.1, -0.05) is 11.6 Å². The van der Waals surface area contributed by atoms with Crippen LogP contribution >= 0.6 is 38.9 Å². The van der Waals surface area contributed by atoms with Crippen LogP contribution in [0.4, 0.5) is 0 Å². The average Bonchev–Trinajstić information content (AvgIpc) is 2.52. The minimum Gasteiger partial charge on any atom is -0.262 e. The molecule has 0 fully saturated rings. The lowest BCUT2D eigenvalue weighted by Crippen LogP contribution is -1.79. The molecule has 13 heavy (non-hydrogen) atoms. The quantitative estimate of drug-likeness (QED) is 0.794. The number of thiazole rings is 1. The van der Waals surface area contributed by atoms with Crippen LogP contribution in [0.15, 0.2) is 27.8 Å². The SMILES string of the molecule is Clc1cncc(-c2csc(Br)n2)c1. The lowest BCUT2D eigenvalue weighted by molar-refractivity contribution is 1.30. The molecule has 0 unspecified atom stereocenters. The van der Waals surface area contributed by atoms with Crippen molar-refractivity contribution in [1.82, 2.24) is 9.97 Å².